The van der Waals surface area contributed by atoms with Gasteiger partial charge in [0.2, 0.25) is 11.8 Å². The van der Waals surface area contributed by atoms with Crippen LogP contribution in [0.3, 0.4) is 0 Å². The van der Waals surface area contributed by atoms with Crippen LogP contribution < -0.4 is 20.9 Å². The van der Waals surface area contributed by atoms with E-state index in [0.717, 1.165) is 42.8 Å². The van der Waals surface area contributed by atoms with Crippen LogP contribution in [-0.2, 0) is 38.1 Å². The van der Waals surface area contributed by atoms with E-state index in [1.54, 1.807) is 64.8 Å². The van der Waals surface area contributed by atoms with Crippen molar-refractivity contribution in [3.63, 3.8) is 0 Å². The van der Waals surface area contributed by atoms with Gasteiger partial charge in [0.25, 0.3) is 23.6 Å². The fourth-order valence-corrected chi connectivity index (χ4v) is 11.0. The van der Waals surface area contributed by atoms with Gasteiger partial charge in [0, 0.05) is 119 Å². The lowest BCUT2D eigenvalue weighted by molar-refractivity contribution is -0.137. The Morgan fingerprint density at radius 2 is 1.43 bits per heavy atom. The van der Waals surface area contributed by atoms with Crippen molar-refractivity contribution >= 4 is 113 Å². The Balaban J connectivity index is 0.708. The largest absolute Gasteiger partial charge is 0.465 e. The summed E-state index contributed by atoms with van der Waals surface area (Å²) in [6.45, 7) is 5.78. The Morgan fingerprint density at radius 3 is 2.14 bits per heavy atom. The lowest BCUT2D eigenvalue weighted by atomic mass is 9.92. The Kier molecular flexibility index (Phi) is 17.1. The Hall–Kier alpha value is -7.18. The smallest absolute Gasteiger partial charge is 0.407 e. The highest BCUT2D eigenvalue weighted by atomic mass is 35.5. The minimum atomic E-state index is -0.976. The molecule has 0 aliphatic carbocycles. The number of benzene rings is 3. The average Bonchev–Trinajstić information content (AvgIpc) is 4.30. The van der Waals surface area contributed by atoms with Crippen LogP contribution in [0, 0.1) is 6.92 Å². The summed E-state index contributed by atoms with van der Waals surface area (Å²) in [5, 5.41) is 23.2. The fourth-order valence-electron chi connectivity index (χ4n) is 9.66. The standard InChI is InChI=1S/C53H58ClN9O12S/c1-31-29-76-50-37(43-28-60(2)13-14-61(43)53(70)71)25-42-49(48(31)50)34(26-54)27-63(42)52(69)41-24-33-22-36(4-6-39(33)59-41)57-51(68)40-23-32-21-35(3-5-38(32)58-40)56-45(65)10-15-72-17-18-73-19-20-75-30-74-16-11-55-44(64)9-12-62-46(66)7-8-47(62)67/h3-8,21-25,29,34,43,58-59H,9-20,26-28,30H2,1-2H3,(H,55,64)(H,56,65)(H,57,68)(H,70,71)/t34-,43?/m0/s1. The number of nitrogens with one attached hydrogen (secondary N) is 5. The van der Waals surface area contributed by atoms with Crippen LogP contribution in [0.4, 0.5) is 21.9 Å². The first-order chi connectivity index (χ1) is 36.8. The van der Waals surface area contributed by atoms with Gasteiger partial charge in [-0.15, -0.1) is 22.9 Å². The van der Waals surface area contributed by atoms with E-state index in [2.05, 4.69) is 36.2 Å². The summed E-state index contributed by atoms with van der Waals surface area (Å²) in [4.78, 5) is 101. The normalized spacial score (nSPS) is 16.6. The number of amides is 7. The number of thiophene rings is 1. The molecule has 2 atom stereocenters. The zero-order valence-electron chi connectivity index (χ0n) is 41.9. The van der Waals surface area contributed by atoms with Crippen molar-refractivity contribution in [2.24, 2.45) is 0 Å². The van der Waals surface area contributed by atoms with Gasteiger partial charge in [-0.2, -0.15) is 0 Å². The summed E-state index contributed by atoms with van der Waals surface area (Å²) < 4.78 is 22.7. The SMILES string of the molecule is Cc1csc2c(C3CN(C)CCN3C(=O)O)cc3c(c12)[C@@H](CCl)CN3C(=O)c1cc2cc(NC(=O)c3cc4cc(NC(=O)CCOCCOCCOCOCCNC(=O)CCN5C(=O)C=CC5=O)ccc4[nH]3)ccc2[nH]1. The molecule has 400 valence electrons. The molecule has 1 unspecified atom stereocenters. The molecule has 0 radical (unpaired) electrons. The number of hydrogen-bond donors (Lipinski definition) is 6. The van der Waals surface area contributed by atoms with Crippen LogP contribution >= 0.6 is 22.9 Å². The van der Waals surface area contributed by atoms with Crippen LogP contribution in [0.15, 0.2) is 72.1 Å². The molecule has 1 fully saturated rings. The predicted molar refractivity (Wildman–Crippen MR) is 286 cm³/mol. The van der Waals surface area contributed by atoms with E-state index in [0.29, 0.717) is 84.5 Å². The number of nitrogens with zero attached hydrogens (tertiary/aromatic N) is 4. The third-order valence-corrected chi connectivity index (χ3v) is 15.0. The number of carboxylic acid groups (broad SMARTS) is 1. The third-order valence-electron chi connectivity index (χ3n) is 13.5. The van der Waals surface area contributed by atoms with Crippen molar-refractivity contribution in [3.8, 4) is 0 Å². The molecule has 6 aromatic rings. The van der Waals surface area contributed by atoms with Gasteiger partial charge in [0.05, 0.1) is 52.1 Å². The molecular formula is C53H58ClN9O12S. The van der Waals surface area contributed by atoms with E-state index in [9.17, 15) is 38.7 Å². The van der Waals surface area contributed by atoms with Crippen molar-refractivity contribution < 1.29 is 57.6 Å². The van der Waals surface area contributed by atoms with Gasteiger partial charge in [-0.1, -0.05) is 0 Å². The number of rotatable bonds is 23. The van der Waals surface area contributed by atoms with Crippen LogP contribution in [-0.4, -0.2) is 170 Å². The molecule has 9 rings (SSSR count). The number of H-pyrrole nitrogens is 2. The Morgan fingerprint density at radius 1 is 0.776 bits per heavy atom. The molecule has 0 spiro atoms. The first-order valence-electron chi connectivity index (χ1n) is 24.8. The summed E-state index contributed by atoms with van der Waals surface area (Å²) >= 11 is 8.21. The first-order valence-corrected chi connectivity index (χ1v) is 26.3. The highest BCUT2D eigenvalue weighted by Gasteiger charge is 2.39. The molecule has 7 amide bonds. The summed E-state index contributed by atoms with van der Waals surface area (Å²) in [5.41, 5.74) is 6.82. The average molecular weight is 1080 g/mol. The molecular weight excluding hydrogens is 1020 g/mol. The van der Waals surface area contributed by atoms with Crippen molar-refractivity contribution in [3.05, 3.63) is 100 Å². The number of carbonyl (C=O) groups is 7. The van der Waals surface area contributed by atoms with Gasteiger partial charge >= 0.3 is 6.09 Å². The fraction of sp³-hybridized carbons (Fsp3) is 0.377. The van der Waals surface area contributed by atoms with Gasteiger partial charge in [-0.25, -0.2) is 4.79 Å². The predicted octanol–water partition coefficient (Wildman–Crippen LogP) is 6.16. The van der Waals surface area contributed by atoms with Crippen LogP contribution in [0.2, 0.25) is 0 Å². The van der Waals surface area contributed by atoms with Gasteiger partial charge in [-0.05, 0) is 90.6 Å². The van der Waals surface area contributed by atoms with Gasteiger partial charge < -0.3 is 59.8 Å². The second kappa shape index (κ2) is 24.2. The molecule has 3 aliphatic heterocycles. The molecule has 0 saturated carbocycles. The van der Waals surface area contributed by atoms with E-state index < -0.39 is 23.9 Å². The minimum absolute atomic E-state index is 0.00450. The van der Waals surface area contributed by atoms with Crippen molar-refractivity contribution in [1.29, 1.82) is 0 Å². The van der Waals surface area contributed by atoms with Crippen molar-refractivity contribution in [2.75, 3.05) is 114 Å². The highest BCUT2D eigenvalue weighted by Crippen LogP contribution is 2.49. The molecule has 1 saturated heterocycles. The number of fused-ring (bicyclic) bond motifs is 5. The maximum atomic E-state index is 14.5. The van der Waals surface area contributed by atoms with Crippen molar-refractivity contribution in [1.82, 2.24) is 30.0 Å². The molecule has 3 aliphatic rings. The quantitative estimate of drug-likeness (QED) is 0.0182. The van der Waals surface area contributed by atoms with Gasteiger partial charge in [0.1, 0.15) is 18.2 Å². The number of aromatic amines is 2. The monoisotopic (exact) mass is 1080 g/mol. The molecule has 6 N–H and O–H groups in total. The number of piperazine rings is 1. The topological polar surface area (TPSA) is 257 Å². The number of alkyl halides is 1. The molecule has 21 nitrogen and oxygen atoms in total. The summed E-state index contributed by atoms with van der Waals surface area (Å²) in [6.07, 6.45) is 1.49. The zero-order valence-corrected chi connectivity index (χ0v) is 43.5. The summed E-state index contributed by atoms with van der Waals surface area (Å²) in [5.74, 6) is -1.85. The van der Waals surface area contributed by atoms with E-state index >= 15 is 0 Å². The second-order valence-electron chi connectivity index (χ2n) is 18.7. The third kappa shape index (κ3) is 12.2. The molecule has 3 aromatic heterocycles. The zero-order chi connectivity index (χ0) is 53.5. The van der Waals surface area contributed by atoms with Gasteiger partial charge in [-0.3, -0.25) is 38.6 Å². The minimum Gasteiger partial charge on any atom is -0.465 e. The number of aryl methyl sites for hydroxylation is 1. The number of aromatic nitrogens is 2. The van der Waals surface area contributed by atoms with Crippen LogP contribution in [0.1, 0.15) is 62.5 Å². The highest BCUT2D eigenvalue weighted by molar-refractivity contribution is 7.17. The lowest BCUT2D eigenvalue weighted by Gasteiger charge is -2.39. The Bertz CT molecular complexity index is 3210. The number of imide groups is 1. The number of likely N-dealkylation sites (N-methyl/N-ethyl adjacent to an activating group) is 1. The van der Waals surface area contributed by atoms with Crippen molar-refractivity contribution in [2.45, 2.75) is 31.7 Å². The molecule has 0 bridgehead atoms. The summed E-state index contributed by atoms with van der Waals surface area (Å²) in [7, 11) is 1.99. The van der Waals surface area contributed by atoms with Gasteiger partial charge in [0.15, 0.2) is 0 Å². The lowest BCUT2D eigenvalue weighted by Crippen LogP contribution is -2.48. The maximum absolute atomic E-state index is 14.5. The molecule has 76 heavy (non-hydrogen) atoms. The van der Waals surface area contributed by atoms with E-state index in [4.69, 9.17) is 30.5 Å². The number of halogens is 1. The van der Waals surface area contributed by atoms with E-state index in [1.807, 2.05) is 20.0 Å². The maximum Gasteiger partial charge on any atom is 0.407 e. The molecule has 3 aromatic carbocycles. The number of hydrogen-bond acceptors (Lipinski definition) is 13. The van der Waals surface area contributed by atoms with E-state index in [-0.39, 0.29) is 88.7 Å². The number of ether oxygens (including phenoxy) is 4. The van der Waals surface area contributed by atoms with Crippen LogP contribution in [0.5, 0.6) is 0 Å². The summed E-state index contributed by atoms with van der Waals surface area (Å²) in [6, 6.07) is 15.7. The van der Waals surface area contributed by atoms with Crippen LogP contribution in [0.25, 0.3) is 31.9 Å². The first kappa shape index (κ1) is 53.6. The van der Waals surface area contributed by atoms with E-state index in [1.165, 1.54) is 17.1 Å². The second-order valence-corrected chi connectivity index (χ2v) is 19.9. The molecule has 23 heteroatoms. The number of carbonyl (C=O) groups excluding carboxylic acids is 6. The number of anilines is 3. The molecule has 6 heterocycles. The Labute approximate surface area is 445 Å².